The molecule has 7 unspecified atom stereocenters. The number of ketones is 1. The van der Waals surface area contributed by atoms with E-state index < -0.39 is 40.4 Å². The fraction of sp³-hybridized carbons (Fsp3) is 0.579. The van der Waals surface area contributed by atoms with Gasteiger partial charge >= 0.3 is 5.97 Å². The Morgan fingerprint density at radius 1 is 1.00 bits per heavy atom. The highest BCUT2D eigenvalue weighted by Gasteiger charge is 2.83. The van der Waals surface area contributed by atoms with Gasteiger partial charge < -0.3 is 29.5 Å². The van der Waals surface area contributed by atoms with E-state index in [2.05, 4.69) is 26.0 Å². The molecule has 8 nitrogen and oxygen atoms in total. The van der Waals surface area contributed by atoms with E-state index in [1.54, 1.807) is 6.08 Å². The van der Waals surface area contributed by atoms with Crippen LogP contribution in [-0.2, 0) is 16.0 Å². The van der Waals surface area contributed by atoms with E-state index in [-0.39, 0.29) is 46.7 Å². The molecule has 1 aromatic carbocycles. The summed E-state index contributed by atoms with van der Waals surface area (Å²) in [6.45, 7) is 15.6. The van der Waals surface area contributed by atoms with Crippen molar-refractivity contribution < 1.29 is 39.1 Å². The van der Waals surface area contributed by atoms with Gasteiger partial charge in [-0.05, 0) is 106 Å². The number of ether oxygens (including phenoxy) is 3. The van der Waals surface area contributed by atoms with Crippen LogP contribution < -0.4 is 9.47 Å². The van der Waals surface area contributed by atoms with E-state index in [0.29, 0.717) is 36.1 Å². The number of rotatable bonds is 8. The van der Waals surface area contributed by atoms with Crippen molar-refractivity contribution in [3.63, 3.8) is 0 Å². The third kappa shape index (κ3) is 4.61. The van der Waals surface area contributed by atoms with E-state index in [0.717, 1.165) is 18.4 Å². The smallest absolute Gasteiger partial charge is 0.330 e. The molecule has 3 saturated carbocycles. The zero-order chi connectivity index (χ0) is 33.6. The zero-order valence-corrected chi connectivity index (χ0v) is 28.3. The fourth-order valence-electron chi connectivity index (χ4n) is 9.00. The summed E-state index contributed by atoms with van der Waals surface area (Å²) in [5.74, 6) is -1.84. The maximum Gasteiger partial charge on any atom is 0.330 e. The van der Waals surface area contributed by atoms with Gasteiger partial charge in [-0.25, -0.2) is 4.79 Å². The minimum atomic E-state index is -1.37. The molecule has 1 saturated heterocycles. The molecule has 46 heavy (non-hydrogen) atoms. The van der Waals surface area contributed by atoms with Crippen molar-refractivity contribution in [2.45, 2.75) is 122 Å². The Bertz CT molecular complexity index is 1620. The van der Waals surface area contributed by atoms with Crippen molar-refractivity contribution in [1.82, 2.24) is 0 Å². The Kier molecular flexibility index (Phi) is 7.68. The summed E-state index contributed by atoms with van der Waals surface area (Å²) in [6, 6.07) is 0. The van der Waals surface area contributed by atoms with Crippen LogP contribution in [0.3, 0.4) is 0 Å². The van der Waals surface area contributed by atoms with Crippen LogP contribution in [0, 0.1) is 17.8 Å². The highest BCUT2D eigenvalue weighted by Crippen LogP contribution is 2.71. The van der Waals surface area contributed by atoms with Gasteiger partial charge in [-0.3, -0.25) is 4.79 Å². The number of phenolic OH excluding ortho intramolecular Hbond substituents is 1. The first-order valence-electron chi connectivity index (χ1n) is 16.6. The second-order valence-electron chi connectivity index (χ2n) is 15.4. The Morgan fingerprint density at radius 3 is 2.35 bits per heavy atom. The molecule has 4 fully saturated rings. The molecule has 4 bridgehead atoms. The normalized spacial score (nSPS) is 34.5. The number of aliphatic hydroxyl groups excluding tert-OH is 1. The molecule has 3 heterocycles. The summed E-state index contributed by atoms with van der Waals surface area (Å²) < 4.78 is 20.9. The van der Waals surface area contributed by atoms with Crippen LogP contribution in [0.1, 0.15) is 109 Å². The van der Waals surface area contributed by atoms with Crippen LogP contribution in [0.5, 0.6) is 17.2 Å². The van der Waals surface area contributed by atoms with Crippen LogP contribution >= 0.6 is 0 Å². The highest BCUT2D eigenvalue weighted by molar-refractivity contribution is 6.07. The van der Waals surface area contributed by atoms with Crippen LogP contribution in [0.15, 0.2) is 41.0 Å². The van der Waals surface area contributed by atoms with Gasteiger partial charge in [0, 0.05) is 23.5 Å². The number of aliphatic carboxylic acids is 1. The number of hydrogen-bond acceptors (Lipinski definition) is 7. The lowest BCUT2D eigenvalue weighted by molar-refractivity contribution is -0.253. The lowest BCUT2D eigenvalue weighted by Crippen LogP contribution is -2.77. The SMILES string of the molecule is CC(C)=CCCC1(C)C=Cc2c(O)c3c(c(CC=C(C)C)c2O1)OC12C(CC4CC1C(C)(C)OC2(C/C=C(/C)C(=O)O)C4O)C3=O. The van der Waals surface area contributed by atoms with Crippen LogP contribution in [0.25, 0.3) is 6.08 Å². The third-order valence-electron chi connectivity index (χ3n) is 11.2. The summed E-state index contributed by atoms with van der Waals surface area (Å²) in [5, 5.41) is 33.5. The number of hydrogen-bond donors (Lipinski definition) is 3. The topological polar surface area (TPSA) is 123 Å². The Hall–Kier alpha value is -3.36. The standard InChI is InChI=1S/C38H48O8/c1-20(2)10-9-15-36(8)16-14-24-29(39)28-30(40)26-18-23-19-27-35(6,7)46-37(33(23)41,17-13-22(5)34(42)43)38(26,27)45-32(28)25(31(24)44-36)12-11-21(3)4/h10-11,13-14,16,23,26-27,33,39,41H,9,12,15,17-19H2,1-8H3,(H,42,43)/b22-13-. The molecule has 0 radical (unpaired) electrons. The van der Waals surface area contributed by atoms with Crippen molar-refractivity contribution in [3.05, 3.63) is 57.7 Å². The summed E-state index contributed by atoms with van der Waals surface area (Å²) in [7, 11) is 0. The highest BCUT2D eigenvalue weighted by atomic mass is 16.6. The Labute approximate surface area is 271 Å². The van der Waals surface area contributed by atoms with Gasteiger partial charge in [0.1, 0.15) is 34.0 Å². The van der Waals surface area contributed by atoms with Crippen LogP contribution in [0.2, 0.25) is 0 Å². The number of allylic oxidation sites excluding steroid dienone is 4. The summed E-state index contributed by atoms with van der Waals surface area (Å²) in [6.07, 6.45) is 11.7. The number of aliphatic hydroxyl groups is 1. The van der Waals surface area contributed by atoms with E-state index in [9.17, 15) is 24.9 Å². The van der Waals surface area contributed by atoms with Gasteiger partial charge in [0.05, 0.1) is 23.2 Å². The molecule has 3 aliphatic carbocycles. The number of carbonyl (C=O) groups is 2. The number of benzene rings is 1. The van der Waals surface area contributed by atoms with Gasteiger partial charge in [-0.15, -0.1) is 0 Å². The predicted octanol–water partition coefficient (Wildman–Crippen LogP) is 7.11. The van der Waals surface area contributed by atoms with E-state index in [4.69, 9.17) is 14.2 Å². The molecular weight excluding hydrogens is 584 g/mol. The van der Waals surface area contributed by atoms with Gasteiger partial charge in [0.25, 0.3) is 0 Å². The molecule has 3 aliphatic heterocycles. The minimum Gasteiger partial charge on any atom is -0.506 e. The molecule has 1 aromatic rings. The van der Waals surface area contributed by atoms with Crippen LogP contribution in [0.4, 0.5) is 0 Å². The first-order chi connectivity index (χ1) is 21.5. The molecule has 248 valence electrons. The number of Topliss-reactive ketones (excluding diaryl/α,β-unsaturated/α-hetero) is 1. The summed E-state index contributed by atoms with van der Waals surface area (Å²) >= 11 is 0. The van der Waals surface area contributed by atoms with Gasteiger partial charge in [-0.2, -0.15) is 0 Å². The number of aromatic hydroxyl groups is 1. The lowest BCUT2D eigenvalue weighted by Gasteiger charge is -2.63. The molecule has 7 rings (SSSR count). The largest absolute Gasteiger partial charge is 0.506 e. The zero-order valence-electron chi connectivity index (χ0n) is 28.3. The van der Waals surface area contributed by atoms with E-state index in [1.165, 1.54) is 12.5 Å². The molecule has 0 amide bonds. The quantitative estimate of drug-likeness (QED) is 0.205. The maximum atomic E-state index is 14.8. The molecule has 0 aromatic heterocycles. The number of phenols is 1. The fourth-order valence-corrected chi connectivity index (χ4v) is 9.00. The van der Waals surface area contributed by atoms with E-state index in [1.807, 2.05) is 46.8 Å². The summed E-state index contributed by atoms with van der Waals surface area (Å²) in [5.41, 5.74) is -0.321. The van der Waals surface area contributed by atoms with Crippen molar-refractivity contribution in [3.8, 4) is 17.2 Å². The first-order valence-corrected chi connectivity index (χ1v) is 16.6. The average molecular weight is 633 g/mol. The number of fused-ring (bicyclic) bond motifs is 2. The van der Waals surface area contributed by atoms with Gasteiger partial charge in [0.2, 0.25) is 0 Å². The first kappa shape index (κ1) is 32.6. The molecule has 1 spiro atoms. The van der Waals surface area contributed by atoms with Crippen molar-refractivity contribution in [2.75, 3.05) is 0 Å². The predicted molar refractivity (Wildman–Crippen MR) is 175 cm³/mol. The van der Waals surface area contributed by atoms with Crippen LogP contribution in [-0.4, -0.2) is 55.6 Å². The third-order valence-corrected chi connectivity index (χ3v) is 11.2. The molecular formula is C38H48O8. The minimum absolute atomic E-state index is 0.0732. The number of carbonyl (C=O) groups excluding carboxylic acids is 1. The van der Waals surface area contributed by atoms with Crippen molar-refractivity contribution in [1.29, 1.82) is 0 Å². The number of carboxylic acid groups (broad SMARTS) is 1. The molecule has 3 N–H and O–H groups in total. The second-order valence-corrected chi connectivity index (χ2v) is 15.4. The van der Waals surface area contributed by atoms with Crippen molar-refractivity contribution in [2.24, 2.45) is 17.8 Å². The Balaban J connectivity index is 1.57. The Morgan fingerprint density at radius 2 is 1.70 bits per heavy atom. The number of carboxylic acids is 1. The summed E-state index contributed by atoms with van der Waals surface area (Å²) in [4.78, 5) is 26.6. The molecule has 8 heteroatoms. The average Bonchev–Trinajstić information content (AvgIpc) is 3.12. The second kappa shape index (κ2) is 10.8. The monoisotopic (exact) mass is 632 g/mol. The van der Waals surface area contributed by atoms with Gasteiger partial charge in [-0.1, -0.05) is 29.4 Å². The van der Waals surface area contributed by atoms with Gasteiger partial charge in [0.15, 0.2) is 11.4 Å². The lowest BCUT2D eigenvalue weighted by atomic mass is 9.46. The van der Waals surface area contributed by atoms with E-state index >= 15 is 0 Å². The maximum absolute atomic E-state index is 14.8. The van der Waals surface area contributed by atoms with Crippen molar-refractivity contribution >= 4 is 17.8 Å². The molecule has 6 aliphatic rings. The molecule has 7 atom stereocenters.